The third kappa shape index (κ3) is 3.23. The maximum absolute atomic E-state index is 13.2. The van der Waals surface area contributed by atoms with Crippen LogP contribution in [0.4, 0.5) is 16.0 Å². The molecule has 1 saturated heterocycles. The third-order valence-corrected chi connectivity index (χ3v) is 4.69. The molecule has 9 nitrogen and oxygen atoms in total. The van der Waals surface area contributed by atoms with Crippen LogP contribution in [0.25, 0.3) is 0 Å². The lowest BCUT2D eigenvalue weighted by Crippen LogP contribution is -2.47. The Labute approximate surface area is 153 Å². The highest BCUT2D eigenvalue weighted by Crippen LogP contribution is 2.26. The lowest BCUT2D eigenvalue weighted by atomic mass is 10.3. The van der Waals surface area contributed by atoms with E-state index < -0.39 is 11.1 Å². The fraction of sp³-hybridized carbons (Fsp3) is 0.412. The van der Waals surface area contributed by atoms with Crippen LogP contribution in [0.15, 0.2) is 33.9 Å². The van der Waals surface area contributed by atoms with Crippen molar-refractivity contribution in [1.82, 2.24) is 19.2 Å². The van der Waals surface area contributed by atoms with E-state index in [1.54, 1.807) is 21.9 Å². The predicted octanol–water partition coefficient (Wildman–Crippen LogP) is -0.445. The van der Waals surface area contributed by atoms with Gasteiger partial charge >= 0.3 is 11.1 Å². The number of aromatic nitrogens is 3. The molecule has 1 aromatic heterocycles. The Morgan fingerprint density at radius 2 is 1.74 bits per heavy atom. The maximum atomic E-state index is 13.2. The number of amides is 1. The largest absolute Gasteiger partial charge is 0.378 e. The average molecular weight is 375 g/mol. The van der Waals surface area contributed by atoms with E-state index in [1.165, 1.54) is 16.7 Å². The second-order valence-corrected chi connectivity index (χ2v) is 6.34. The molecule has 1 amide bonds. The Bertz CT molecular complexity index is 978. The van der Waals surface area contributed by atoms with E-state index in [-0.39, 0.29) is 24.2 Å². The first-order valence-corrected chi connectivity index (χ1v) is 8.65. The number of carbonyl (C=O) groups is 1. The fourth-order valence-electron chi connectivity index (χ4n) is 3.24. The second kappa shape index (κ2) is 6.95. The topological polar surface area (TPSA) is 89.7 Å². The standard InChI is InChI=1S/C17H18FN5O4/c18-12-1-3-13(4-2-12)21-5-6-22-15(25)16(26)23(19-17(21)22)11-14(24)20-7-9-27-10-8-20/h1-4H,5-11H2. The van der Waals surface area contributed by atoms with Gasteiger partial charge in [-0.15, -0.1) is 5.10 Å². The van der Waals surface area contributed by atoms with Crippen molar-refractivity contribution in [3.63, 3.8) is 0 Å². The molecule has 2 aliphatic rings. The van der Waals surface area contributed by atoms with Gasteiger partial charge in [0.1, 0.15) is 12.4 Å². The minimum absolute atomic E-state index is 0.265. The van der Waals surface area contributed by atoms with E-state index in [0.29, 0.717) is 45.1 Å². The molecule has 3 heterocycles. The summed E-state index contributed by atoms with van der Waals surface area (Å²) in [6.07, 6.45) is 0. The van der Waals surface area contributed by atoms with E-state index in [2.05, 4.69) is 5.10 Å². The molecular weight excluding hydrogens is 357 g/mol. The minimum Gasteiger partial charge on any atom is -0.378 e. The molecule has 0 radical (unpaired) electrons. The van der Waals surface area contributed by atoms with Gasteiger partial charge in [-0.05, 0) is 24.3 Å². The molecule has 0 spiro atoms. The van der Waals surface area contributed by atoms with Crippen LogP contribution in [-0.4, -0.2) is 58.0 Å². The van der Waals surface area contributed by atoms with Crippen molar-refractivity contribution in [3.8, 4) is 0 Å². The lowest BCUT2D eigenvalue weighted by molar-refractivity contribution is -0.136. The molecule has 0 N–H and O–H groups in total. The molecule has 142 valence electrons. The molecule has 27 heavy (non-hydrogen) atoms. The number of anilines is 2. The molecule has 10 heteroatoms. The number of hydrogen-bond acceptors (Lipinski definition) is 6. The van der Waals surface area contributed by atoms with E-state index in [4.69, 9.17) is 4.74 Å². The SMILES string of the molecule is O=C(Cn1nc2n(c(=O)c1=O)CCN2c1ccc(F)cc1)N1CCOCC1. The van der Waals surface area contributed by atoms with Gasteiger partial charge in [-0.2, -0.15) is 0 Å². The normalized spacial score (nSPS) is 16.5. The monoisotopic (exact) mass is 375 g/mol. The van der Waals surface area contributed by atoms with Gasteiger partial charge in [0.15, 0.2) is 0 Å². The van der Waals surface area contributed by atoms with Crippen LogP contribution in [0.5, 0.6) is 0 Å². The van der Waals surface area contributed by atoms with Crippen molar-refractivity contribution in [2.24, 2.45) is 0 Å². The van der Waals surface area contributed by atoms with Gasteiger partial charge in [0, 0.05) is 31.9 Å². The van der Waals surface area contributed by atoms with Crippen molar-refractivity contribution in [2.45, 2.75) is 13.1 Å². The van der Waals surface area contributed by atoms with Crippen LogP contribution in [0.3, 0.4) is 0 Å². The number of halogens is 1. The lowest BCUT2D eigenvalue weighted by Gasteiger charge is -2.27. The molecule has 0 unspecified atom stereocenters. The first-order chi connectivity index (χ1) is 13.0. The Kier molecular flexibility index (Phi) is 4.48. The molecule has 0 saturated carbocycles. The van der Waals surface area contributed by atoms with Crippen molar-refractivity contribution in [1.29, 1.82) is 0 Å². The molecule has 0 aliphatic carbocycles. The zero-order valence-corrected chi connectivity index (χ0v) is 14.5. The van der Waals surface area contributed by atoms with Gasteiger partial charge in [-0.25, -0.2) is 9.07 Å². The quantitative estimate of drug-likeness (QED) is 0.676. The zero-order valence-electron chi connectivity index (χ0n) is 14.5. The van der Waals surface area contributed by atoms with Crippen molar-refractivity contribution in [3.05, 3.63) is 50.8 Å². The molecule has 1 aromatic carbocycles. The van der Waals surface area contributed by atoms with Crippen molar-refractivity contribution in [2.75, 3.05) is 37.7 Å². The molecule has 1 fully saturated rings. The van der Waals surface area contributed by atoms with E-state index >= 15 is 0 Å². The summed E-state index contributed by atoms with van der Waals surface area (Å²) in [5, 5.41) is 4.25. The van der Waals surface area contributed by atoms with Crippen molar-refractivity contribution >= 4 is 17.5 Å². The van der Waals surface area contributed by atoms with Crippen LogP contribution < -0.4 is 16.0 Å². The van der Waals surface area contributed by atoms with E-state index in [0.717, 1.165) is 4.68 Å². The number of carbonyl (C=O) groups excluding carboxylic acids is 1. The van der Waals surface area contributed by atoms with Gasteiger partial charge in [0.25, 0.3) is 0 Å². The number of ether oxygens (including phenoxy) is 1. The summed E-state index contributed by atoms with van der Waals surface area (Å²) >= 11 is 0. The number of morpholine rings is 1. The second-order valence-electron chi connectivity index (χ2n) is 6.34. The third-order valence-electron chi connectivity index (χ3n) is 4.69. The first-order valence-electron chi connectivity index (χ1n) is 8.65. The van der Waals surface area contributed by atoms with Gasteiger partial charge in [0.2, 0.25) is 11.9 Å². The summed E-state index contributed by atoms with van der Waals surface area (Å²) < 4.78 is 20.6. The molecule has 0 atom stereocenters. The number of fused-ring (bicyclic) bond motifs is 1. The zero-order chi connectivity index (χ0) is 19.0. The highest BCUT2D eigenvalue weighted by atomic mass is 19.1. The van der Waals surface area contributed by atoms with Crippen LogP contribution in [0, 0.1) is 5.82 Å². The van der Waals surface area contributed by atoms with Crippen LogP contribution in [-0.2, 0) is 22.6 Å². The molecule has 2 aliphatic heterocycles. The van der Waals surface area contributed by atoms with Crippen LogP contribution >= 0.6 is 0 Å². The van der Waals surface area contributed by atoms with Crippen LogP contribution in [0.2, 0.25) is 0 Å². The highest BCUT2D eigenvalue weighted by Gasteiger charge is 2.27. The Hall–Kier alpha value is -3.01. The molecule has 4 rings (SSSR count). The average Bonchev–Trinajstić information content (AvgIpc) is 3.11. The Morgan fingerprint density at radius 1 is 1.04 bits per heavy atom. The number of hydrogen-bond donors (Lipinski definition) is 0. The number of nitrogens with zero attached hydrogens (tertiary/aromatic N) is 5. The fourth-order valence-corrected chi connectivity index (χ4v) is 3.24. The highest BCUT2D eigenvalue weighted by molar-refractivity contribution is 5.76. The predicted molar refractivity (Wildman–Crippen MR) is 93.6 cm³/mol. The molecule has 2 aromatic rings. The summed E-state index contributed by atoms with van der Waals surface area (Å²) in [7, 11) is 0. The van der Waals surface area contributed by atoms with E-state index in [9.17, 15) is 18.8 Å². The van der Waals surface area contributed by atoms with Crippen molar-refractivity contribution < 1.29 is 13.9 Å². The smallest absolute Gasteiger partial charge is 0.333 e. The van der Waals surface area contributed by atoms with Gasteiger partial charge in [0.05, 0.1) is 13.2 Å². The maximum Gasteiger partial charge on any atom is 0.333 e. The number of benzene rings is 1. The first kappa shape index (κ1) is 17.4. The summed E-state index contributed by atoms with van der Waals surface area (Å²) in [6, 6.07) is 5.78. The summed E-state index contributed by atoms with van der Waals surface area (Å²) in [4.78, 5) is 40.5. The van der Waals surface area contributed by atoms with Gasteiger partial charge < -0.3 is 14.5 Å². The number of rotatable bonds is 3. The molecular formula is C17H18FN5O4. The van der Waals surface area contributed by atoms with Gasteiger partial charge in [-0.1, -0.05) is 0 Å². The summed E-state index contributed by atoms with van der Waals surface area (Å²) in [6.45, 7) is 2.19. The Balaban J connectivity index is 1.66. The minimum atomic E-state index is -0.832. The Morgan fingerprint density at radius 3 is 2.44 bits per heavy atom. The van der Waals surface area contributed by atoms with Crippen LogP contribution in [0.1, 0.15) is 0 Å². The summed E-state index contributed by atoms with van der Waals surface area (Å²) in [5.41, 5.74) is -0.903. The van der Waals surface area contributed by atoms with E-state index in [1.807, 2.05) is 0 Å². The molecule has 0 bridgehead atoms. The van der Waals surface area contributed by atoms with Gasteiger partial charge in [-0.3, -0.25) is 19.0 Å². The summed E-state index contributed by atoms with van der Waals surface area (Å²) in [5.74, 6) is -0.395.